The summed E-state index contributed by atoms with van der Waals surface area (Å²) in [5.74, 6) is 6.40. The van der Waals surface area contributed by atoms with Crippen LogP contribution in [0.15, 0.2) is 47.4 Å². The molecule has 1 saturated heterocycles. The third kappa shape index (κ3) is 8.97. The molecule has 3 aromatic rings. The van der Waals surface area contributed by atoms with Gasteiger partial charge in [-0.05, 0) is 60.3 Å². The first-order valence-electron chi connectivity index (χ1n) is 14.1. The van der Waals surface area contributed by atoms with E-state index in [1.54, 1.807) is 56.9 Å². The van der Waals surface area contributed by atoms with Gasteiger partial charge in [0, 0.05) is 57.0 Å². The quantitative estimate of drug-likeness (QED) is 0.219. The molecule has 0 bridgehead atoms. The van der Waals surface area contributed by atoms with Crippen LogP contribution in [0.3, 0.4) is 0 Å². The molecule has 1 aliphatic rings. The van der Waals surface area contributed by atoms with E-state index in [2.05, 4.69) is 27.4 Å². The molecule has 2 aromatic carbocycles. The van der Waals surface area contributed by atoms with Crippen LogP contribution in [-0.4, -0.2) is 92.7 Å². The van der Waals surface area contributed by atoms with Crippen molar-refractivity contribution >= 4 is 33.5 Å². The molecule has 12 heteroatoms. The summed E-state index contributed by atoms with van der Waals surface area (Å²) in [7, 11) is 4.86. The Balaban J connectivity index is 1.50. The number of likely N-dealkylation sites (tertiary alicyclic amines) is 1. The highest BCUT2D eigenvalue weighted by Crippen LogP contribution is 2.32. The lowest BCUT2D eigenvalue weighted by Crippen LogP contribution is -2.43. The number of alkyl halides is 3. The number of rotatable bonds is 12. The number of fused-ring (bicyclic) bond motifs is 1. The van der Waals surface area contributed by atoms with E-state index in [1.165, 1.54) is 11.7 Å². The lowest BCUT2D eigenvalue weighted by molar-refractivity contribution is -0.140. The molecule has 0 aliphatic carbocycles. The number of methoxy groups -OCH3 is 3. The fraction of sp³-hybridized carbons (Fsp3) is 0.484. The Labute approximate surface area is 254 Å². The Morgan fingerprint density at radius 3 is 2.51 bits per heavy atom. The van der Waals surface area contributed by atoms with E-state index in [0.29, 0.717) is 33.8 Å². The molecule has 0 amide bonds. The van der Waals surface area contributed by atoms with Crippen molar-refractivity contribution in [3.63, 3.8) is 0 Å². The topological polar surface area (TPSA) is 83.0 Å². The van der Waals surface area contributed by atoms with Crippen molar-refractivity contribution in [2.45, 2.75) is 42.6 Å². The predicted molar refractivity (Wildman–Crippen MR) is 164 cm³/mol. The largest absolute Gasteiger partial charge is 0.612 e. The van der Waals surface area contributed by atoms with Crippen LogP contribution in [0.5, 0.6) is 5.75 Å². The van der Waals surface area contributed by atoms with Gasteiger partial charge in [-0.2, -0.15) is 13.2 Å². The molecule has 4 rings (SSSR count). The smallest absolute Gasteiger partial charge is 0.406 e. The van der Waals surface area contributed by atoms with Crippen LogP contribution in [0.4, 0.5) is 24.5 Å². The molecule has 2 atom stereocenters. The standard InChI is InChI=1S/C31H39F3N4O4S/c1-40-20-24(41-2)19-37-15-12-22(13-16-37)36-27-8-5-9-29-26(27)17-23(38(29)21-31(32,33)34)7-6-14-35-28-11-10-25(43(4)39)18-30(28)42-3/h5,8-11,17-18,22,24,35-36H,12-16,19-21H2,1-4H3. The first kappa shape index (κ1) is 32.8. The first-order chi connectivity index (χ1) is 20.6. The number of anilines is 2. The SMILES string of the molecule is COCC(CN1CCC(Nc2cccc3c2cc(C#CCNc2ccc([S+](C)[O-])cc2OC)n3CC(F)(F)F)CC1)OC. The van der Waals surface area contributed by atoms with Crippen molar-refractivity contribution in [2.24, 2.45) is 0 Å². The maximum Gasteiger partial charge on any atom is 0.406 e. The van der Waals surface area contributed by atoms with E-state index in [4.69, 9.17) is 14.2 Å². The van der Waals surface area contributed by atoms with Gasteiger partial charge in [-0.15, -0.1) is 0 Å². The van der Waals surface area contributed by atoms with Crippen molar-refractivity contribution < 1.29 is 31.9 Å². The number of hydrogen-bond acceptors (Lipinski definition) is 7. The molecule has 2 heterocycles. The monoisotopic (exact) mass is 620 g/mol. The number of nitrogens with one attached hydrogen (secondary N) is 2. The minimum Gasteiger partial charge on any atom is -0.612 e. The van der Waals surface area contributed by atoms with E-state index in [9.17, 15) is 17.7 Å². The average Bonchev–Trinajstić information content (AvgIpc) is 3.32. The van der Waals surface area contributed by atoms with E-state index in [0.717, 1.165) is 38.2 Å². The normalized spacial score (nSPS) is 16.0. The maximum absolute atomic E-state index is 13.6. The zero-order valence-electron chi connectivity index (χ0n) is 24.9. The molecule has 8 nitrogen and oxygen atoms in total. The summed E-state index contributed by atoms with van der Waals surface area (Å²) in [6.45, 7) is 2.15. The summed E-state index contributed by atoms with van der Waals surface area (Å²) < 4.78 is 70.0. The number of nitrogens with zero attached hydrogens (tertiary/aromatic N) is 2. The minimum absolute atomic E-state index is 0.0156. The number of hydrogen-bond donors (Lipinski definition) is 2. The summed E-state index contributed by atoms with van der Waals surface area (Å²) in [5.41, 5.74) is 2.20. The molecule has 0 radical (unpaired) electrons. The second-order valence-corrected chi connectivity index (χ2v) is 11.9. The highest BCUT2D eigenvalue weighted by atomic mass is 32.2. The molecular formula is C31H39F3N4O4S. The predicted octanol–water partition coefficient (Wildman–Crippen LogP) is 4.95. The molecule has 2 N–H and O–H groups in total. The Kier molecular flexibility index (Phi) is 11.5. The van der Waals surface area contributed by atoms with E-state index < -0.39 is 23.9 Å². The van der Waals surface area contributed by atoms with Gasteiger partial charge in [-0.1, -0.05) is 12.0 Å². The second kappa shape index (κ2) is 15.1. The van der Waals surface area contributed by atoms with Gasteiger partial charge in [0.1, 0.15) is 18.6 Å². The van der Waals surface area contributed by atoms with Crippen LogP contribution in [0.1, 0.15) is 18.5 Å². The number of benzene rings is 2. The molecule has 0 spiro atoms. The van der Waals surface area contributed by atoms with Crippen molar-refractivity contribution in [1.29, 1.82) is 0 Å². The summed E-state index contributed by atoms with van der Waals surface area (Å²) in [4.78, 5) is 2.98. The van der Waals surface area contributed by atoms with Gasteiger partial charge < -0.3 is 38.9 Å². The molecule has 43 heavy (non-hydrogen) atoms. The van der Waals surface area contributed by atoms with Gasteiger partial charge in [0.2, 0.25) is 0 Å². The molecule has 1 fully saturated rings. The van der Waals surface area contributed by atoms with Crippen LogP contribution >= 0.6 is 0 Å². The number of aromatic nitrogens is 1. The van der Waals surface area contributed by atoms with Gasteiger partial charge in [0.05, 0.1) is 43.3 Å². The Morgan fingerprint density at radius 1 is 1.09 bits per heavy atom. The van der Waals surface area contributed by atoms with E-state index in [-0.39, 0.29) is 24.4 Å². The zero-order chi connectivity index (χ0) is 31.0. The van der Waals surface area contributed by atoms with Crippen molar-refractivity contribution in [3.05, 3.63) is 48.2 Å². The number of piperidine rings is 1. The molecular weight excluding hydrogens is 581 g/mol. The van der Waals surface area contributed by atoms with Gasteiger partial charge in [-0.3, -0.25) is 0 Å². The molecule has 1 aromatic heterocycles. The van der Waals surface area contributed by atoms with Crippen LogP contribution < -0.4 is 15.4 Å². The summed E-state index contributed by atoms with van der Waals surface area (Å²) in [6.07, 6.45) is -1.00. The first-order valence-corrected chi connectivity index (χ1v) is 15.6. The van der Waals surface area contributed by atoms with Crippen LogP contribution in [0.2, 0.25) is 0 Å². The fourth-order valence-corrected chi connectivity index (χ4v) is 5.82. The highest BCUT2D eigenvalue weighted by molar-refractivity contribution is 7.90. The zero-order valence-corrected chi connectivity index (χ0v) is 25.7. The van der Waals surface area contributed by atoms with Crippen molar-refractivity contribution in [1.82, 2.24) is 9.47 Å². The number of ether oxygens (including phenoxy) is 3. The van der Waals surface area contributed by atoms with Crippen LogP contribution in [-0.2, 0) is 27.2 Å². The molecule has 2 unspecified atom stereocenters. The van der Waals surface area contributed by atoms with Crippen molar-refractivity contribution in [3.8, 4) is 17.6 Å². The van der Waals surface area contributed by atoms with Gasteiger partial charge in [0.25, 0.3) is 0 Å². The third-order valence-corrected chi connectivity index (χ3v) is 8.38. The Morgan fingerprint density at radius 2 is 1.86 bits per heavy atom. The Hall–Kier alpha value is -3.08. The molecule has 0 saturated carbocycles. The lowest BCUT2D eigenvalue weighted by Gasteiger charge is -2.34. The lowest BCUT2D eigenvalue weighted by atomic mass is 10.0. The van der Waals surface area contributed by atoms with Crippen LogP contribution in [0, 0.1) is 11.8 Å². The minimum atomic E-state index is -4.41. The second-order valence-electron chi connectivity index (χ2n) is 10.5. The van der Waals surface area contributed by atoms with E-state index in [1.807, 2.05) is 6.07 Å². The third-order valence-electron chi connectivity index (χ3n) is 7.47. The Bertz CT molecular complexity index is 1410. The fourth-order valence-electron chi connectivity index (χ4n) is 5.28. The number of halogens is 3. The van der Waals surface area contributed by atoms with Gasteiger partial charge in [-0.25, -0.2) is 0 Å². The van der Waals surface area contributed by atoms with Gasteiger partial charge >= 0.3 is 6.18 Å². The summed E-state index contributed by atoms with van der Waals surface area (Å²) in [6, 6.07) is 12.5. The highest BCUT2D eigenvalue weighted by Gasteiger charge is 2.30. The van der Waals surface area contributed by atoms with E-state index >= 15 is 0 Å². The summed E-state index contributed by atoms with van der Waals surface area (Å²) in [5, 5.41) is 7.42. The average molecular weight is 621 g/mol. The van der Waals surface area contributed by atoms with Crippen LogP contribution in [0.25, 0.3) is 10.9 Å². The molecule has 1 aliphatic heterocycles. The van der Waals surface area contributed by atoms with Gasteiger partial charge in [0.15, 0.2) is 4.90 Å². The molecule has 234 valence electrons. The van der Waals surface area contributed by atoms with Crippen molar-refractivity contribution in [2.75, 3.05) is 71.0 Å². The maximum atomic E-state index is 13.6. The summed E-state index contributed by atoms with van der Waals surface area (Å²) >= 11 is -1.16.